The van der Waals surface area contributed by atoms with Crippen molar-refractivity contribution in [2.45, 2.75) is 0 Å². The highest BCUT2D eigenvalue weighted by molar-refractivity contribution is 5.72. The van der Waals surface area contributed by atoms with Gasteiger partial charge in [-0.3, -0.25) is 0 Å². The van der Waals surface area contributed by atoms with Crippen molar-refractivity contribution in [3.05, 3.63) is 83.2 Å². The molecule has 24 heavy (non-hydrogen) atoms. The van der Waals surface area contributed by atoms with Crippen LogP contribution in [0.2, 0.25) is 0 Å². The fourth-order valence-corrected chi connectivity index (χ4v) is 1.21. The van der Waals surface area contributed by atoms with Crippen molar-refractivity contribution in [2.24, 2.45) is 0 Å². The molecule has 0 saturated carbocycles. The zero-order valence-electron chi connectivity index (χ0n) is 12.1. The summed E-state index contributed by atoms with van der Waals surface area (Å²) in [6, 6.07) is 33.3. The van der Waals surface area contributed by atoms with Crippen molar-refractivity contribution < 1.29 is 0 Å². The Morgan fingerprint density at radius 1 is 0.542 bits per heavy atom. The second-order valence-corrected chi connectivity index (χ2v) is 3.69. The van der Waals surface area contributed by atoms with Gasteiger partial charge in [-0.25, -0.2) is 0 Å². The highest BCUT2D eigenvalue weighted by Crippen LogP contribution is 1.82. The van der Waals surface area contributed by atoms with Crippen LogP contribution in [-0.4, -0.2) is 0 Å². The first kappa shape index (κ1) is 17.2. The monoisotopic (exact) mass is 300 g/mol. The summed E-state index contributed by atoms with van der Waals surface area (Å²) in [4.78, 5) is 0. The largest absolute Gasteiger partial charge is 0.192 e. The first-order chi connectivity index (χ1) is 11.8. The molecule has 4 heteroatoms. The maximum atomic E-state index is 8.87. The predicted molar refractivity (Wildman–Crippen MR) is 80.9 cm³/mol. The van der Waals surface area contributed by atoms with Crippen LogP contribution in [0.3, 0.4) is 0 Å². The lowest BCUT2D eigenvalue weighted by atomic mass is 10.2. The van der Waals surface area contributed by atoms with Crippen LogP contribution < -0.4 is 10.4 Å². The second-order valence-electron chi connectivity index (χ2n) is 3.69. The smallest absolute Gasteiger partial charge is 0.153 e. The van der Waals surface area contributed by atoms with Gasteiger partial charge in [0.1, 0.15) is 34.7 Å². The second kappa shape index (κ2) is 9.97. The molecule has 104 valence electrons. The Labute approximate surface area is 140 Å². The predicted octanol–water partition coefficient (Wildman–Crippen LogP) is 0.733. The van der Waals surface area contributed by atoms with Crippen LogP contribution in [0.15, 0.2) is 24.3 Å². The molecule has 0 aliphatic rings. The average molecular weight is 300 g/mol. The molecule has 1 aromatic rings. The summed E-state index contributed by atoms with van der Waals surface area (Å²) in [6.07, 6.45) is 0. The number of nitrogens with zero attached hydrogens (tertiary/aromatic N) is 4. The molecule has 0 heterocycles. The lowest BCUT2D eigenvalue weighted by molar-refractivity contribution is 1.49. The van der Waals surface area contributed by atoms with Gasteiger partial charge < -0.3 is 0 Å². The minimum Gasteiger partial charge on any atom is -0.192 e. The molecule has 0 unspecified atom stereocenters. The zero-order chi connectivity index (χ0) is 17.6. The maximum absolute atomic E-state index is 8.87. The third-order valence-electron chi connectivity index (χ3n) is 2.24. The van der Waals surface area contributed by atoms with Crippen molar-refractivity contribution in [3.8, 4) is 24.3 Å². The normalized spacial score (nSPS) is 6.50. The minimum absolute atomic E-state index is 0.101. The van der Waals surface area contributed by atoms with E-state index in [-0.39, 0.29) is 21.6 Å². The molecule has 0 bridgehead atoms. The molecule has 0 spiro atoms. The van der Waals surface area contributed by atoms with Crippen molar-refractivity contribution >= 4 is 11.1 Å². The van der Waals surface area contributed by atoms with Crippen LogP contribution >= 0.6 is 0 Å². The van der Waals surface area contributed by atoms with Gasteiger partial charge in [0.05, 0.1) is 0 Å². The first-order valence-corrected chi connectivity index (χ1v) is 6.22. The number of hydrogen-bond donors (Lipinski definition) is 0. The van der Waals surface area contributed by atoms with Crippen molar-refractivity contribution in [2.75, 3.05) is 0 Å². The minimum atomic E-state index is -0.182. The van der Waals surface area contributed by atoms with E-state index in [4.69, 9.17) is 21.0 Å². The molecular weight excluding hydrogens is 296 g/mol. The molecule has 1 aromatic carbocycles. The SMILES string of the molecule is N#CC(C#N)=c1c#cccc#cc(=C(C#N)C#N)c#cccc#c1. The van der Waals surface area contributed by atoms with Crippen LogP contribution in [0.1, 0.15) is 0 Å². The van der Waals surface area contributed by atoms with Gasteiger partial charge in [0.2, 0.25) is 0 Å². The highest BCUT2D eigenvalue weighted by Gasteiger charge is 1.90. The van der Waals surface area contributed by atoms with Crippen LogP contribution in [0.5, 0.6) is 0 Å². The van der Waals surface area contributed by atoms with E-state index in [1.54, 1.807) is 24.3 Å². The Morgan fingerprint density at radius 3 is 1.00 bits per heavy atom. The number of hydrogen-bond acceptors (Lipinski definition) is 4. The Morgan fingerprint density at radius 2 is 0.792 bits per heavy atom. The molecule has 1 rings (SSSR count). The van der Waals surface area contributed by atoms with Crippen molar-refractivity contribution in [3.63, 3.8) is 0 Å². The quantitative estimate of drug-likeness (QED) is 0.705. The summed E-state index contributed by atoms with van der Waals surface area (Å²) in [5.74, 6) is 0. The highest BCUT2D eigenvalue weighted by atomic mass is 14.3. The van der Waals surface area contributed by atoms with Gasteiger partial charge in [0.25, 0.3) is 0 Å². The molecule has 0 atom stereocenters. The summed E-state index contributed by atoms with van der Waals surface area (Å²) in [6.45, 7) is 0. The summed E-state index contributed by atoms with van der Waals surface area (Å²) < 4.78 is 0. The fraction of sp³-hybridized carbons (Fsp3) is 0. The van der Waals surface area contributed by atoms with Gasteiger partial charge in [0.15, 0.2) is 11.1 Å². The first-order valence-electron chi connectivity index (χ1n) is 6.22. The number of nitriles is 4. The third-order valence-corrected chi connectivity index (χ3v) is 2.24. The van der Waals surface area contributed by atoms with Gasteiger partial charge in [-0.05, 0) is 24.3 Å². The molecule has 0 aromatic heterocycles. The van der Waals surface area contributed by atoms with E-state index >= 15 is 0 Å². The molecule has 4 nitrogen and oxygen atoms in total. The molecule has 0 fully saturated rings. The van der Waals surface area contributed by atoms with Gasteiger partial charge in [-0.1, -0.05) is 48.5 Å². The van der Waals surface area contributed by atoms with Gasteiger partial charge in [0, 0.05) is 0 Å². The van der Waals surface area contributed by atoms with Gasteiger partial charge in [-0.2, -0.15) is 21.0 Å². The molecule has 0 saturated heterocycles. The third kappa shape index (κ3) is 5.27. The molecule has 0 aliphatic heterocycles. The van der Waals surface area contributed by atoms with Crippen LogP contribution in [0.25, 0.3) is 11.1 Å². The summed E-state index contributed by atoms with van der Waals surface area (Å²) in [5.41, 5.74) is -0.363. The standard InChI is InChI=1S/C20H4N4/c21-13-19(14-22)17-9-5-1-2-6-10-18(20(15-23)16-24)12-8-4-3-7-11-17/h1-4H. The van der Waals surface area contributed by atoms with Gasteiger partial charge in [-0.15, -0.1) is 0 Å². The lowest BCUT2D eigenvalue weighted by Gasteiger charge is -1.72. The topological polar surface area (TPSA) is 95.2 Å². The fourth-order valence-electron chi connectivity index (χ4n) is 1.21. The van der Waals surface area contributed by atoms with E-state index in [9.17, 15) is 0 Å². The number of rotatable bonds is 0. The Kier molecular flexibility index (Phi) is 7.15. The zero-order valence-corrected chi connectivity index (χ0v) is 12.1. The molecular formula is C20H4N4. The maximum Gasteiger partial charge on any atom is 0.153 e. The van der Waals surface area contributed by atoms with E-state index in [0.29, 0.717) is 0 Å². The Balaban J connectivity index is 3.74. The molecule has 0 aliphatic carbocycles. The van der Waals surface area contributed by atoms with E-state index in [2.05, 4.69) is 48.5 Å². The van der Waals surface area contributed by atoms with Gasteiger partial charge >= 0.3 is 0 Å². The van der Waals surface area contributed by atoms with Crippen LogP contribution in [0.4, 0.5) is 0 Å². The molecule has 0 radical (unpaired) electrons. The molecule has 0 N–H and O–H groups in total. The lowest BCUT2D eigenvalue weighted by Crippen LogP contribution is -1.98. The van der Waals surface area contributed by atoms with Crippen LogP contribution in [0, 0.1) is 93.9 Å². The van der Waals surface area contributed by atoms with Crippen molar-refractivity contribution in [1.82, 2.24) is 0 Å². The Bertz CT molecular complexity index is 847. The van der Waals surface area contributed by atoms with E-state index in [1.807, 2.05) is 0 Å². The summed E-state index contributed by atoms with van der Waals surface area (Å²) in [7, 11) is 0. The summed E-state index contributed by atoms with van der Waals surface area (Å²) in [5, 5.41) is 35.7. The van der Waals surface area contributed by atoms with Crippen molar-refractivity contribution in [1.29, 1.82) is 21.0 Å². The van der Waals surface area contributed by atoms with E-state index in [1.165, 1.54) is 24.3 Å². The molecule has 0 amide bonds. The summed E-state index contributed by atoms with van der Waals surface area (Å²) >= 11 is 0. The van der Waals surface area contributed by atoms with E-state index in [0.717, 1.165) is 0 Å². The average Bonchev–Trinajstić information content (AvgIpc) is 2.60. The van der Waals surface area contributed by atoms with Crippen LogP contribution in [-0.2, 0) is 0 Å². The van der Waals surface area contributed by atoms with E-state index < -0.39 is 0 Å². The Hall–Kier alpha value is -4.84.